The van der Waals surface area contributed by atoms with Gasteiger partial charge in [-0.3, -0.25) is 4.79 Å². The second-order valence-electron chi connectivity index (χ2n) is 3.56. The van der Waals surface area contributed by atoms with Crippen molar-refractivity contribution in [2.45, 2.75) is 39.2 Å². The number of carbonyl (C=O) groups excluding carboxylic acids is 1. The molecule has 0 bridgehead atoms. The number of halogens is 1. The normalized spacial score (nSPS) is 12.8. The lowest BCUT2D eigenvalue weighted by Crippen LogP contribution is -2.23. The molecule has 5 heteroatoms. The zero-order chi connectivity index (χ0) is 10.5. The van der Waals surface area contributed by atoms with Crippen molar-refractivity contribution in [3.8, 4) is 0 Å². The first-order valence-electron chi connectivity index (χ1n) is 3.93. The second-order valence-corrected chi connectivity index (χ2v) is 4.00. The number of hydrogen-bond donors (Lipinski definition) is 1. The number of ether oxygens (including phenoxy) is 1. The van der Waals surface area contributed by atoms with Gasteiger partial charge in [0.25, 0.3) is 0 Å². The van der Waals surface area contributed by atoms with Crippen molar-refractivity contribution in [3.63, 3.8) is 0 Å². The minimum absolute atomic E-state index is 0.00543. The molecule has 0 aromatic rings. The molecule has 0 aliphatic heterocycles. The predicted octanol–water partition coefficient (Wildman–Crippen LogP) is 2.13. The number of rotatable bonds is 3. The third-order valence-electron chi connectivity index (χ3n) is 1.06. The maximum Gasteiger partial charge on any atom is 0.306 e. The maximum absolute atomic E-state index is 11.1. The molecule has 13 heavy (non-hydrogen) atoms. The summed E-state index contributed by atoms with van der Waals surface area (Å²) in [6.45, 7) is 5.35. The van der Waals surface area contributed by atoms with Gasteiger partial charge in [0.2, 0.25) is 0 Å². The van der Waals surface area contributed by atoms with E-state index in [0.29, 0.717) is 0 Å². The Labute approximate surface area is 82.5 Å². The summed E-state index contributed by atoms with van der Waals surface area (Å²) in [5, 5.41) is 10.9. The molecule has 0 spiro atoms. The number of oxime groups is 1. The van der Waals surface area contributed by atoms with Gasteiger partial charge < -0.3 is 9.94 Å². The Bertz CT molecular complexity index is 208. The monoisotopic (exact) mass is 207 g/mol. The van der Waals surface area contributed by atoms with E-state index in [-0.39, 0.29) is 24.0 Å². The van der Waals surface area contributed by atoms with Crippen LogP contribution < -0.4 is 0 Å². The van der Waals surface area contributed by atoms with Crippen LogP contribution >= 0.6 is 11.6 Å². The van der Waals surface area contributed by atoms with Gasteiger partial charge in [0.15, 0.2) is 0 Å². The average Bonchev–Trinajstić information content (AvgIpc) is 1.97. The lowest BCUT2D eigenvalue weighted by Gasteiger charge is -2.19. The van der Waals surface area contributed by atoms with Crippen LogP contribution in [0.5, 0.6) is 0 Å². The molecule has 0 aliphatic carbocycles. The molecule has 0 heterocycles. The Morgan fingerprint density at radius 3 is 2.38 bits per heavy atom. The van der Waals surface area contributed by atoms with Crippen molar-refractivity contribution in [1.29, 1.82) is 0 Å². The van der Waals surface area contributed by atoms with Crippen molar-refractivity contribution in [1.82, 2.24) is 0 Å². The van der Waals surface area contributed by atoms with Gasteiger partial charge in [-0.1, -0.05) is 16.8 Å². The maximum atomic E-state index is 11.1. The first kappa shape index (κ1) is 12.2. The summed E-state index contributed by atoms with van der Waals surface area (Å²) < 4.78 is 5.00. The summed E-state index contributed by atoms with van der Waals surface area (Å²) >= 11 is 5.37. The molecule has 76 valence electrons. The topological polar surface area (TPSA) is 58.9 Å². The minimum atomic E-state index is -0.486. The lowest BCUT2D eigenvalue weighted by atomic mass is 10.2. The molecular formula is C8H14ClNO3. The van der Waals surface area contributed by atoms with E-state index >= 15 is 0 Å². The van der Waals surface area contributed by atoms with Crippen molar-refractivity contribution < 1.29 is 14.7 Å². The smallest absolute Gasteiger partial charge is 0.306 e. The summed E-state index contributed by atoms with van der Waals surface area (Å²) in [5.74, 6) is -0.352. The molecule has 0 rings (SSSR count). The van der Waals surface area contributed by atoms with Crippen LogP contribution in [0.1, 0.15) is 33.6 Å². The fourth-order valence-electron chi connectivity index (χ4n) is 0.648. The lowest BCUT2D eigenvalue weighted by molar-refractivity contribution is -0.154. The molecule has 0 unspecified atom stereocenters. The highest BCUT2D eigenvalue weighted by Crippen LogP contribution is 2.09. The summed E-state index contributed by atoms with van der Waals surface area (Å²) in [4.78, 5) is 11.1. The Hall–Kier alpha value is -0.770. The van der Waals surface area contributed by atoms with E-state index in [1.54, 1.807) is 20.8 Å². The molecule has 4 nitrogen and oxygen atoms in total. The SMILES string of the molecule is CC(C)(C)OC(=O)CC/C(Cl)=N/O. The van der Waals surface area contributed by atoms with Gasteiger partial charge in [-0.25, -0.2) is 0 Å². The molecule has 0 aromatic heterocycles. The quantitative estimate of drug-likeness (QED) is 0.334. The minimum Gasteiger partial charge on any atom is -0.460 e. The van der Waals surface area contributed by atoms with Crippen molar-refractivity contribution in [2.24, 2.45) is 5.16 Å². The fraction of sp³-hybridized carbons (Fsp3) is 0.750. The van der Waals surface area contributed by atoms with Crippen molar-refractivity contribution >= 4 is 22.7 Å². The molecule has 0 saturated carbocycles. The van der Waals surface area contributed by atoms with E-state index in [0.717, 1.165) is 0 Å². The number of esters is 1. The molecule has 0 saturated heterocycles. The van der Waals surface area contributed by atoms with Crippen LogP contribution in [0.25, 0.3) is 0 Å². The van der Waals surface area contributed by atoms with Crippen molar-refractivity contribution in [2.75, 3.05) is 0 Å². The third-order valence-corrected chi connectivity index (χ3v) is 1.33. The van der Waals surface area contributed by atoms with Gasteiger partial charge >= 0.3 is 5.97 Å². The molecule has 0 aromatic carbocycles. The average molecular weight is 208 g/mol. The fourth-order valence-corrected chi connectivity index (χ4v) is 0.742. The number of hydrogen-bond acceptors (Lipinski definition) is 4. The highest BCUT2D eigenvalue weighted by atomic mass is 35.5. The van der Waals surface area contributed by atoms with Gasteiger partial charge in [-0.2, -0.15) is 0 Å². The zero-order valence-electron chi connectivity index (χ0n) is 8.00. The van der Waals surface area contributed by atoms with Gasteiger partial charge in [-0.15, -0.1) is 0 Å². The largest absolute Gasteiger partial charge is 0.460 e. The van der Waals surface area contributed by atoms with E-state index in [2.05, 4.69) is 5.16 Å². The Balaban J connectivity index is 3.77. The van der Waals surface area contributed by atoms with Crippen LogP contribution in [0.3, 0.4) is 0 Å². The van der Waals surface area contributed by atoms with Crippen LogP contribution in [-0.2, 0) is 9.53 Å². The predicted molar refractivity (Wildman–Crippen MR) is 50.2 cm³/mol. The number of nitrogens with zero attached hydrogens (tertiary/aromatic N) is 1. The first-order chi connectivity index (χ1) is 5.85. The van der Waals surface area contributed by atoms with Crippen LogP contribution in [-0.4, -0.2) is 21.9 Å². The van der Waals surface area contributed by atoms with Crippen LogP contribution in [0.4, 0.5) is 0 Å². The molecule has 0 radical (unpaired) electrons. The third kappa shape index (κ3) is 7.59. The highest BCUT2D eigenvalue weighted by molar-refractivity contribution is 6.65. The van der Waals surface area contributed by atoms with Gasteiger partial charge in [0.1, 0.15) is 10.8 Å². The van der Waals surface area contributed by atoms with Crippen LogP contribution in [0, 0.1) is 0 Å². The van der Waals surface area contributed by atoms with E-state index in [1.165, 1.54) is 0 Å². The molecule has 0 amide bonds. The Morgan fingerprint density at radius 2 is 2.00 bits per heavy atom. The van der Waals surface area contributed by atoms with Crippen LogP contribution in [0.2, 0.25) is 0 Å². The van der Waals surface area contributed by atoms with Crippen molar-refractivity contribution in [3.05, 3.63) is 0 Å². The molecule has 0 atom stereocenters. The molecule has 0 fully saturated rings. The second kappa shape index (κ2) is 5.07. The van der Waals surface area contributed by atoms with E-state index in [1.807, 2.05) is 0 Å². The Kier molecular flexibility index (Phi) is 4.77. The summed E-state index contributed by atoms with van der Waals surface area (Å²) in [5.41, 5.74) is -0.486. The Morgan fingerprint density at radius 1 is 1.46 bits per heavy atom. The summed E-state index contributed by atoms with van der Waals surface area (Å²) in [7, 11) is 0. The van der Waals surface area contributed by atoms with Gasteiger partial charge in [0.05, 0.1) is 6.42 Å². The standard InChI is InChI=1S/C8H14ClNO3/c1-8(2,3)13-7(11)5-4-6(9)10-12/h12H,4-5H2,1-3H3/b10-6-. The van der Waals surface area contributed by atoms with E-state index in [9.17, 15) is 4.79 Å². The molecular weight excluding hydrogens is 194 g/mol. The summed E-state index contributed by atoms with van der Waals surface area (Å²) in [6, 6.07) is 0. The van der Waals surface area contributed by atoms with Crippen LogP contribution in [0.15, 0.2) is 5.16 Å². The summed E-state index contributed by atoms with van der Waals surface area (Å²) in [6.07, 6.45) is 0.327. The molecule has 0 aliphatic rings. The van der Waals surface area contributed by atoms with Gasteiger partial charge in [-0.05, 0) is 20.8 Å². The molecule has 1 N–H and O–H groups in total. The highest BCUT2D eigenvalue weighted by Gasteiger charge is 2.16. The first-order valence-corrected chi connectivity index (χ1v) is 4.31. The van der Waals surface area contributed by atoms with Gasteiger partial charge in [0, 0.05) is 6.42 Å². The van der Waals surface area contributed by atoms with E-state index in [4.69, 9.17) is 21.5 Å². The van der Waals surface area contributed by atoms with E-state index < -0.39 is 5.60 Å². The number of carbonyl (C=O) groups is 1. The zero-order valence-corrected chi connectivity index (χ0v) is 8.76.